The highest BCUT2D eigenvalue weighted by atomic mass is 32.1. The first-order valence-corrected chi connectivity index (χ1v) is 8.66. The SMILES string of the molecule is C1=NCc2ccc(Nc3nc(-c4cncs4)nc4ncccc34)cc21. The standard InChI is InChI=1S/C18H12N6S/c1-2-14-16(21-5-1)23-18(15-9-20-10-25-15)24-17(14)22-13-4-3-11-7-19-8-12(11)6-13/h1-6,8-10H,7H2,(H,21,22,23,24). The number of benzene rings is 1. The average Bonchev–Trinajstić information content (AvgIpc) is 3.33. The van der Waals surface area contributed by atoms with Crippen molar-refractivity contribution >= 4 is 40.1 Å². The van der Waals surface area contributed by atoms with Gasteiger partial charge in [0.2, 0.25) is 0 Å². The van der Waals surface area contributed by atoms with E-state index in [1.165, 1.54) is 16.9 Å². The lowest BCUT2D eigenvalue weighted by Crippen LogP contribution is -2.00. The molecule has 5 rings (SSSR count). The van der Waals surface area contributed by atoms with Gasteiger partial charge in [0.1, 0.15) is 5.82 Å². The largest absolute Gasteiger partial charge is 0.340 e. The molecule has 3 aromatic heterocycles. The Morgan fingerprint density at radius 3 is 3.04 bits per heavy atom. The van der Waals surface area contributed by atoms with Crippen LogP contribution in [0.2, 0.25) is 0 Å². The van der Waals surface area contributed by atoms with Crippen molar-refractivity contribution in [2.24, 2.45) is 4.99 Å². The van der Waals surface area contributed by atoms with Gasteiger partial charge in [0.05, 0.1) is 22.3 Å². The van der Waals surface area contributed by atoms with E-state index in [1.54, 1.807) is 17.9 Å². The van der Waals surface area contributed by atoms with E-state index in [2.05, 4.69) is 37.4 Å². The third-order valence-electron chi connectivity index (χ3n) is 4.02. The summed E-state index contributed by atoms with van der Waals surface area (Å²) in [5.41, 5.74) is 5.78. The minimum absolute atomic E-state index is 0.624. The number of fused-ring (bicyclic) bond motifs is 2. The van der Waals surface area contributed by atoms with Gasteiger partial charge < -0.3 is 5.32 Å². The van der Waals surface area contributed by atoms with Crippen LogP contribution in [0.25, 0.3) is 21.7 Å². The van der Waals surface area contributed by atoms with Crippen LogP contribution >= 0.6 is 11.3 Å². The first-order chi connectivity index (χ1) is 12.4. The Balaban J connectivity index is 1.63. The summed E-state index contributed by atoms with van der Waals surface area (Å²) < 4.78 is 0. The van der Waals surface area contributed by atoms with E-state index in [-0.39, 0.29) is 0 Å². The van der Waals surface area contributed by atoms with E-state index >= 15 is 0 Å². The Labute approximate surface area is 147 Å². The number of thiazole rings is 1. The van der Waals surface area contributed by atoms with Crippen molar-refractivity contribution in [1.82, 2.24) is 19.9 Å². The number of nitrogens with one attached hydrogen (secondary N) is 1. The second-order valence-electron chi connectivity index (χ2n) is 5.64. The quantitative estimate of drug-likeness (QED) is 0.611. The summed E-state index contributed by atoms with van der Waals surface area (Å²) in [4.78, 5) is 23.0. The van der Waals surface area contributed by atoms with Crippen LogP contribution in [-0.2, 0) is 6.54 Å². The second kappa shape index (κ2) is 5.71. The Morgan fingerprint density at radius 1 is 1.12 bits per heavy atom. The van der Waals surface area contributed by atoms with Gasteiger partial charge in [0.15, 0.2) is 11.5 Å². The molecule has 25 heavy (non-hydrogen) atoms. The molecule has 0 radical (unpaired) electrons. The van der Waals surface area contributed by atoms with Gasteiger partial charge in [-0.15, -0.1) is 11.3 Å². The van der Waals surface area contributed by atoms with E-state index in [0.717, 1.165) is 33.9 Å². The topological polar surface area (TPSA) is 76.0 Å². The monoisotopic (exact) mass is 344 g/mol. The molecule has 7 heteroatoms. The fourth-order valence-electron chi connectivity index (χ4n) is 2.81. The molecule has 120 valence electrons. The van der Waals surface area contributed by atoms with E-state index < -0.39 is 0 Å². The summed E-state index contributed by atoms with van der Waals surface area (Å²) in [6, 6.07) is 10.1. The Hall–Kier alpha value is -3.19. The molecule has 4 aromatic rings. The number of aromatic nitrogens is 4. The van der Waals surface area contributed by atoms with Crippen LogP contribution < -0.4 is 5.32 Å². The predicted molar refractivity (Wildman–Crippen MR) is 99.5 cm³/mol. The molecule has 1 N–H and O–H groups in total. The van der Waals surface area contributed by atoms with Gasteiger partial charge >= 0.3 is 0 Å². The van der Waals surface area contributed by atoms with Crippen LogP contribution in [-0.4, -0.2) is 26.2 Å². The fourth-order valence-corrected chi connectivity index (χ4v) is 3.36. The highest BCUT2D eigenvalue weighted by molar-refractivity contribution is 7.13. The van der Waals surface area contributed by atoms with Gasteiger partial charge in [0, 0.05) is 24.3 Å². The number of rotatable bonds is 3. The number of hydrogen-bond acceptors (Lipinski definition) is 7. The molecule has 0 saturated carbocycles. The van der Waals surface area contributed by atoms with Gasteiger partial charge in [0.25, 0.3) is 0 Å². The maximum atomic E-state index is 4.71. The maximum Gasteiger partial charge on any atom is 0.175 e. The molecular formula is C18H12N6S. The van der Waals surface area contributed by atoms with Crippen molar-refractivity contribution < 1.29 is 0 Å². The molecule has 0 atom stereocenters. The van der Waals surface area contributed by atoms with Gasteiger partial charge in [-0.1, -0.05) is 6.07 Å². The van der Waals surface area contributed by atoms with Gasteiger partial charge in [-0.05, 0) is 35.4 Å². The van der Waals surface area contributed by atoms with Crippen molar-refractivity contribution in [2.45, 2.75) is 6.54 Å². The maximum absolute atomic E-state index is 4.71. The Kier molecular flexibility index (Phi) is 3.24. The zero-order valence-electron chi connectivity index (χ0n) is 13.0. The molecule has 4 heterocycles. The molecule has 0 unspecified atom stereocenters. The van der Waals surface area contributed by atoms with Crippen LogP contribution in [0.15, 0.2) is 53.2 Å². The van der Waals surface area contributed by atoms with Gasteiger partial charge in [-0.3, -0.25) is 9.98 Å². The molecule has 0 saturated heterocycles. The number of hydrogen-bond donors (Lipinski definition) is 1. The Bertz CT molecular complexity index is 1100. The number of anilines is 2. The first-order valence-electron chi connectivity index (χ1n) is 7.78. The van der Waals surface area contributed by atoms with Crippen molar-refractivity contribution in [2.75, 3.05) is 5.32 Å². The summed E-state index contributed by atoms with van der Waals surface area (Å²) in [6.07, 6.45) is 5.41. The van der Waals surface area contributed by atoms with Crippen molar-refractivity contribution in [3.05, 3.63) is 59.4 Å². The minimum Gasteiger partial charge on any atom is -0.340 e. The molecule has 1 aromatic carbocycles. The zero-order chi connectivity index (χ0) is 16.6. The molecule has 0 aliphatic carbocycles. The fraction of sp³-hybridized carbons (Fsp3) is 0.0556. The minimum atomic E-state index is 0.624. The van der Waals surface area contributed by atoms with Gasteiger partial charge in [-0.2, -0.15) is 0 Å². The summed E-state index contributed by atoms with van der Waals surface area (Å²) in [6.45, 7) is 0.755. The molecule has 1 aliphatic rings. The van der Waals surface area contributed by atoms with Crippen molar-refractivity contribution in [3.8, 4) is 10.7 Å². The molecule has 1 aliphatic heterocycles. The van der Waals surface area contributed by atoms with Crippen LogP contribution in [0.5, 0.6) is 0 Å². The summed E-state index contributed by atoms with van der Waals surface area (Å²) in [7, 11) is 0. The lowest BCUT2D eigenvalue weighted by atomic mass is 10.1. The predicted octanol–water partition coefficient (Wildman–Crippen LogP) is 3.82. The normalized spacial score (nSPS) is 12.5. The van der Waals surface area contributed by atoms with E-state index in [1.807, 2.05) is 24.4 Å². The van der Waals surface area contributed by atoms with Crippen molar-refractivity contribution in [3.63, 3.8) is 0 Å². The van der Waals surface area contributed by atoms with Crippen molar-refractivity contribution in [1.29, 1.82) is 0 Å². The molecule has 6 nitrogen and oxygen atoms in total. The van der Waals surface area contributed by atoms with Crippen LogP contribution in [0.4, 0.5) is 11.5 Å². The van der Waals surface area contributed by atoms with Crippen LogP contribution in [0.1, 0.15) is 11.1 Å². The number of nitrogens with zero attached hydrogens (tertiary/aromatic N) is 5. The summed E-state index contributed by atoms with van der Waals surface area (Å²) in [5, 5.41) is 4.29. The lowest BCUT2D eigenvalue weighted by Gasteiger charge is -2.10. The molecular weight excluding hydrogens is 332 g/mol. The molecule has 0 amide bonds. The molecule has 0 bridgehead atoms. The summed E-state index contributed by atoms with van der Waals surface area (Å²) in [5.74, 6) is 1.36. The summed E-state index contributed by atoms with van der Waals surface area (Å²) >= 11 is 1.51. The Morgan fingerprint density at radius 2 is 2.12 bits per heavy atom. The number of aliphatic imine (C=N–C) groups is 1. The zero-order valence-corrected chi connectivity index (χ0v) is 13.9. The average molecular weight is 344 g/mol. The molecule has 0 fully saturated rings. The highest BCUT2D eigenvalue weighted by Crippen LogP contribution is 2.28. The van der Waals surface area contributed by atoms with Gasteiger partial charge in [-0.25, -0.2) is 15.0 Å². The highest BCUT2D eigenvalue weighted by Gasteiger charge is 2.13. The van der Waals surface area contributed by atoms with Crippen LogP contribution in [0, 0.1) is 0 Å². The first kappa shape index (κ1) is 14.2. The van der Waals surface area contributed by atoms with E-state index in [4.69, 9.17) is 4.98 Å². The smallest absolute Gasteiger partial charge is 0.175 e. The third kappa shape index (κ3) is 2.54. The van der Waals surface area contributed by atoms with E-state index in [0.29, 0.717) is 11.5 Å². The lowest BCUT2D eigenvalue weighted by molar-refractivity contribution is 1.11. The number of pyridine rings is 1. The second-order valence-corrected chi connectivity index (χ2v) is 6.53. The van der Waals surface area contributed by atoms with Crippen LogP contribution in [0.3, 0.4) is 0 Å². The molecule has 0 spiro atoms. The third-order valence-corrected chi connectivity index (χ3v) is 4.79. The van der Waals surface area contributed by atoms with E-state index in [9.17, 15) is 0 Å².